The van der Waals surface area contributed by atoms with Crippen LogP contribution in [0.15, 0.2) is 24.3 Å². The van der Waals surface area contributed by atoms with Gasteiger partial charge in [0, 0.05) is 24.9 Å². The molecule has 1 aliphatic rings. The van der Waals surface area contributed by atoms with Crippen LogP contribution in [0.25, 0.3) is 6.08 Å². The molecule has 0 bridgehead atoms. The zero-order chi connectivity index (χ0) is 14.5. The lowest BCUT2D eigenvalue weighted by molar-refractivity contribution is -0.131. The minimum absolute atomic E-state index is 0.0926. The minimum atomic E-state index is -0.992. The molecule has 2 amide bonds. The van der Waals surface area contributed by atoms with Gasteiger partial charge in [-0.2, -0.15) is 0 Å². The van der Waals surface area contributed by atoms with Crippen LogP contribution in [0, 0.1) is 6.92 Å². The average Bonchev–Trinajstić information content (AvgIpc) is 2.93. The van der Waals surface area contributed by atoms with Crippen molar-refractivity contribution in [1.82, 2.24) is 4.90 Å². The first-order valence-corrected chi connectivity index (χ1v) is 6.64. The molecule has 5 nitrogen and oxygen atoms in total. The molecule has 1 fully saturated rings. The fourth-order valence-electron chi connectivity index (χ4n) is 2.16. The molecule has 0 aromatic heterocycles. The molecule has 1 aliphatic heterocycles. The number of urea groups is 1. The van der Waals surface area contributed by atoms with Gasteiger partial charge in [-0.1, -0.05) is 12.1 Å². The van der Waals surface area contributed by atoms with Gasteiger partial charge < -0.3 is 15.3 Å². The van der Waals surface area contributed by atoms with E-state index in [4.69, 9.17) is 5.11 Å². The number of anilines is 1. The number of carbonyl (C=O) groups excluding carboxylic acids is 1. The lowest BCUT2D eigenvalue weighted by Crippen LogP contribution is -2.32. The van der Waals surface area contributed by atoms with Crippen LogP contribution in [0.5, 0.6) is 0 Å². The van der Waals surface area contributed by atoms with E-state index in [-0.39, 0.29) is 6.03 Å². The molecular weight excluding hydrogens is 256 g/mol. The number of carboxylic acid groups (broad SMARTS) is 1. The van der Waals surface area contributed by atoms with Gasteiger partial charge in [-0.3, -0.25) is 0 Å². The van der Waals surface area contributed by atoms with Crippen molar-refractivity contribution in [1.29, 1.82) is 0 Å². The Hall–Kier alpha value is -2.30. The summed E-state index contributed by atoms with van der Waals surface area (Å²) in [6.45, 7) is 3.50. The van der Waals surface area contributed by atoms with Crippen molar-refractivity contribution in [2.24, 2.45) is 0 Å². The van der Waals surface area contributed by atoms with Crippen LogP contribution in [-0.2, 0) is 4.79 Å². The van der Waals surface area contributed by atoms with Gasteiger partial charge in [0.1, 0.15) is 0 Å². The average molecular weight is 274 g/mol. The van der Waals surface area contributed by atoms with E-state index in [0.29, 0.717) is 0 Å². The molecule has 0 aliphatic carbocycles. The summed E-state index contributed by atoms with van der Waals surface area (Å²) >= 11 is 0. The first-order valence-electron chi connectivity index (χ1n) is 6.64. The Balaban J connectivity index is 2.11. The van der Waals surface area contributed by atoms with E-state index in [1.807, 2.05) is 19.1 Å². The monoisotopic (exact) mass is 274 g/mol. The Bertz CT molecular complexity index is 546. The van der Waals surface area contributed by atoms with Crippen LogP contribution in [0.1, 0.15) is 24.0 Å². The number of rotatable bonds is 3. The number of amides is 2. The van der Waals surface area contributed by atoms with Gasteiger partial charge in [0.15, 0.2) is 0 Å². The molecule has 1 saturated heterocycles. The third kappa shape index (κ3) is 3.60. The molecule has 20 heavy (non-hydrogen) atoms. The second kappa shape index (κ2) is 6.23. The van der Waals surface area contributed by atoms with Crippen LogP contribution < -0.4 is 5.32 Å². The Labute approximate surface area is 117 Å². The van der Waals surface area contributed by atoms with Gasteiger partial charge >= 0.3 is 12.0 Å². The maximum absolute atomic E-state index is 12.0. The Morgan fingerprint density at radius 3 is 2.65 bits per heavy atom. The van der Waals surface area contributed by atoms with E-state index < -0.39 is 5.97 Å². The van der Waals surface area contributed by atoms with Crippen molar-refractivity contribution in [3.8, 4) is 0 Å². The summed E-state index contributed by atoms with van der Waals surface area (Å²) < 4.78 is 0. The summed E-state index contributed by atoms with van der Waals surface area (Å²) in [4.78, 5) is 24.4. The first kappa shape index (κ1) is 14.1. The number of carbonyl (C=O) groups is 2. The van der Waals surface area contributed by atoms with Crippen molar-refractivity contribution < 1.29 is 14.7 Å². The highest BCUT2D eigenvalue weighted by Gasteiger charge is 2.18. The first-order chi connectivity index (χ1) is 9.56. The van der Waals surface area contributed by atoms with Crippen molar-refractivity contribution in [2.45, 2.75) is 19.8 Å². The fraction of sp³-hybridized carbons (Fsp3) is 0.333. The number of hydrogen-bond acceptors (Lipinski definition) is 2. The summed E-state index contributed by atoms with van der Waals surface area (Å²) in [6, 6.07) is 5.37. The summed E-state index contributed by atoms with van der Waals surface area (Å²) in [7, 11) is 0. The summed E-state index contributed by atoms with van der Waals surface area (Å²) in [5, 5.41) is 11.5. The fourth-order valence-corrected chi connectivity index (χ4v) is 2.16. The smallest absolute Gasteiger partial charge is 0.328 e. The van der Waals surface area contributed by atoms with E-state index in [2.05, 4.69) is 5.32 Å². The number of benzene rings is 1. The lowest BCUT2D eigenvalue weighted by atomic mass is 10.1. The van der Waals surface area contributed by atoms with Gasteiger partial charge in [-0.25, -0.2) is 9.59 Å². The molecule has 2 N–H and O–H groups in total. The summed E-state index contributed by atoms with van der Waals surface area (Å²) in [5.41, 5.74) is 2.41. The molecule has 1 aromatic carbocycles. The maximum atomic E-state index is 12.0. The highest BCUT2D eigenvalue weighted by molar-refractivity contribution is 5.91. The van der Waals surface area contributed by atoms with Crippen molar-refractivity contribution in [3.05, 3.63) is 35.4 Å². The van der Waals surface area contributed by atoms with E-state index in [0.717, 1.165) is 48.8 Å². The molecule has 0 atom stereocenters. The van der Waals surface area contributed by atoms with Crippen LogP contribution >= 0.6 is 0 Å². The maximum Gasteiger partial charge on any atom is 0.328 e. The molecule has 1 heterocycles. The third-order valence-corrected chi connectivity index (χ3v) is 3.31. The van der Waals surface area contributed by atoms with E-state index >= 15 is 0 Å². The van der Waals surface area contributed by atoms with Gasteiger partial charge in [0.05, 0.1) is 0 Å². The number of likely N-dealkylation sites (tertiary alicyclic amines) is 1. The largest absolute Gasteiger partial charge is 0.478 e. The molecule has 2 rings (SSSR count). The van der Waals surface area contributed by atoms with Gasteiger partial charge in [0.2, 0.25) is 0 Å². The quantitative estimate of drug-likeness (QED) is 0.833. The molecule has 1 aromatic rings. The van der Waals surface area contributed by atoms with Crippen LogP contribution in [-0.4, -0.2) is 35.1 Å². The molecule has 0 radical (unpaired) electrons. The highest BCUT2D eigenvalue weighted by atomic mass is 16.4. The highest BCUT2D eigenvalue weighted by Crippen LogP contribution is 2.19. The third-order valence-electron chi connectivity index (χ3n) is 3.31. The molecule has 0 unspecified atom stereocenters. The number of carboxylic acids is 1. The number of hydrogen-bond donors (Lipinski definition) is 2. The minimum Gasteiger partial charge on any atom is -0.478 e. The molecule has 106 valence electrons. The van der Waals surface area contributed by atoms with Crippen molar-refractivity contribution in [3.63, 3.8) is 0 Å². The zero-order valence-corrected chi connectivity index (χ0v) is 11.4. The predicted molar refractivity (Wildman–Crippen MR) is 77.7 cm³/mol. The summed E-state index contributed by atoms with van der Waals surface area (Å²) in [5.74, 6) is -0.992. The molecule has 0 saturated carbocycles. The van der Waals surface area contributed by atoms with E-state index in [1.54, 1.807) is 11.0 Å². The second-order valence-electron chi connectivity index (χ2n) is 4.87. The number of nitrogens with one attached hydrogen (secondary N) is 1. The van der Waals surface area contributed by atoms with Crippen molar-refractivity contribution in [2.75, 3.05) is 18.4 Å². The van der Waals surface area contributed by atoms with Crippen LogP contribution in [0.3, 0.4) is 0 Å². The topological polar surface area (TPSA) is 69.6 Å². The Morgan fingerprint density at radius 2 is 2.00 bits per heavy atom. The molecular formula is C15H18N2O3. The molecule has 0 spiro atoms. The molecule has 5 heteroatoms. The normalized spacial score (nSPS) is 14.8. The SMILES string of the molecule is Cc1ccc(C=CC(=O)O)cc1NC(=O)N1CCCC1. The number of aryl methyl sites for hydroxylation is 1. The van der Waals surface area contributed by atoms with E-state index in [1.165, 1.54) is 6.08 Å². The number of aliphatic carboxylic acids is 1. The van der Waals surface area contributed by atoms with E-state index in [9.17, 15) is 9.59 Å². The summed E-state index contributed by atoms with van der Waals surface area (Å²) in [6.07, 6.45) is 4.69. The lowest BCUT2D eigenvalue weighted by Gasteiger charge is -2.17. The standard InChI is InChI=1S/C15H18N2O3/c1-11-4-5-12(6-7-14(18)19)10-13(11)16-15(20)17-8-2-3-9-17/h4-7,10H,2-3,8-9H2,1H3,(H,16,20)(H,18,19). The van der Waals surface area contributed by atoms with Crippen molar-refractivity contribution >= 4 is 23.8 Å². The van der Waals surface area contributed by atoms with Crippen LogP contribution in [0.4, 0.5) is 10.5 Å². The second-order valence-corrected chi connectivity index (χ2v) is 4.87. The van der Waals surface area contributed by atoms with Gasteiger partial charge in [0.25, 0.3) is 0 Å². The zero-order valence-electron chi connectivity index (χ0n) is 11.4. The predicted octanol–water partition coefficient (Wildman–Crippen LogP) is 2.72. The Morgan fingerprint density at radius 1 is 1.30 bits per heavy atom. The van der Waals surface area contributed by atoms with Crippen LogP contribution in [0.2, 0.25) is 0 Å². The van der Waals surface area contributed by atoms with Gasteiger partial charge in [-0.15, -0.1) is 0 Å². The Kier molecular flexibility index (Phi) is 4.40. The number of nitrogens with zero attached hydrogens (tertiary/aromatic N) is 1. The van der Waals surface area contributed by atoms with Gasteiger partial charge in [-0.05, 0) is 43.0 Å².